The molecule has 4 rings (SSSR count). The lowest BCUT2D eigenvalue weighted by molar-refractivity contribution is -0.0514. The highest BCUT2D eigenvalue weighted by atomic mass is 35.5. The van der Waals surface area contributed by atoms with Crippen LogP contribution in [0.1, 0.15) is 17.6 Å². The Morgan fingerprint density at radius 1 is 1.21 bits per heavy atom. The minimum atomic E-state index is -1.41. The molecule has 0 radical (unpaired) electrons. The van der Waals surface area contributed by atoms with Crippen molar-refractivity contribution in [2.45, 2.75) is 24.5 Å². The first-order valence-electron chi connectivity index (χ1n) is 8.57. The summed E-state index contributed by atoms with van der Waals surface area (Å²) in [6, 6.07) is 6.76. The molecule has 1 aliphatic rings. The van der Waals surface area contributed by atoms with Gasteiger partial charge in [-0.1, -0.05) is 17.5 Å². The van der Waals surface area contributed by atoms with Gasteiger partial charge in [0, 0.05) is 10.6 Å². The van der Waals surface area contributed by atoms with Crippen LogP contribution in [0.3, 0.4) is 0 Å². The molecule has 2 aromatic heterocycles. The van der Waals surface area contributed by atoms with Crippen molar-refractivity contribution >= 4 is 28.7 Å². The van der Waals surface area contributed by atoms with Crippen LogP contribution < -0.4 is 11.3 Å². The number of H-pyrrole nitrogens is 1. The molecule has 10 nitrogen and oxygen atoms in total. The van der Waals surface area contributed by atoms with Crippen LogP contribution in [-0.2, 0) is 4.74 Å². The normalized spacial score (nSPS) is 23.9. The molecule has 11 heteroatoms. The predicted octanol–water partition coefficient (Wildman–Crippen LogP) is -0.634. The van der Waals surface area contributed by atoms with Crippen LogP contribution in [-0.4, -0.2) is 59.8 Å². The first kappa shape index (κ1) is 19.4. The number of ether oxygens (including phenoxy) is 1. The highest BCUT2D eigenvalue weighted by molar-refractivity contribution is 6.30. The van der Waals surface area contributed by atoms with E-state index in [1.165, 1.54) is 4.57 Å². The van der Waals surface area contributed by atoms with E-state index >= 15 is 0 Å². The van der Waals surface area contributed by atoms with E-state index in [1.807, 2.05) is 0 Å². The molecule has 29 heavy (non-hydrogen) atoms. The Morgan fingerprint density at radius 3 is 2.59 bits per heavy atom. The second-order valence-electron chi connectivity index (χ2n) is 6.41. The fraction of sp³-hybridized carbons (Fsp3) is 0.278. The molecule has 150 valence electrons. The molecule has 0 aliphatic carbocycles. The molecular formula is C18H16ClN5O5. The monoisotopic (exact) mass is 417 g/mol. The van der Waals surface area contributed by atoms with Crippen LogP contribution >= 0.6 is 11.6 Å². The number of fused-ring (bicyclic) bond motifs is 1. The molecular weight excluding hydrogens is 402 g/mol. The predicted molar refractivity (Wildman–Crippen MR) is 103 cm³/mol. The molecule has 4 atom stereocenters. The van der Waals surface area contributed by atoms with Gasteiger partial charge in [-0.15, -0.1) is 0 Å². The van der Waals surface area contributed by atoms with Crippen molar-refractivity contribution in [2.24, 2.45) is 0 Å². The summed E-state index contributed by atoms with van der Waals surface area (Å²) in [6.07, 6.45) is -4.97. The largest absolute Gasteiger partial charge is 0.394 e. The Morgan fingerprint density at radius 2 is 1.93 bits per heavy atom. The maximum Gasteiger partial charge on any atom is 0.280 e. The lowest BCUT2D eigenvalue weighted by Crippen LogP contribution is -2.33. The summed E-state index contributed by atoms with van der Waals surface area (Å²) in [7, 11) is 0. The fourth-order valence-electron chi connectivity index (χ4n) is 3.08. The Labute approximate surface area is 168 Å². The summed E-state index contributed by atoms with van der Waals surface area (Å²) in [5, 5.41) is 30.4. The quantitative estimate of drug-likeness (QED) is 0.344. The molecule has 1 aromatic carbocycles. The number of nitrogens with one attached hydrogen (secondary N) is 1. The third-order valence-corrected chi connectivity index (χ3v) is 4.76. The number of halogens is 1. The number of hydrogen-bond acceptors (Lipinski definition) is 8. The molecule has 0 saturated carbocycles. The van der Waals surface area contributed by atoms with Gasteiger partial charge in [0.25, 0.3) is 5.56 Å². The van der Waals surface area contributed by atoms with E-state index in [-0.39, 0.29) is 22.9 Å². The Bertz CT molecular complexity index is 1180. The summed E-state index contributed by atoms with van der Waals surface area (Å²) in [5.74, 6) is 5.61. The van der Waals surface area contributed by atoms with Crippen molar-refractivity contribution in [2.75, 3.05) is 12.3 Å². The van der Waals surface area contributed by atoms with Gasteiger partial charge in [-0.05, 0) is 30.2 Å². The van der Waals surface area contributed by atoms with Crippen LogP contribution in [0.5, 0.6) is 0 Å². The molecule has 1 aliphatic heterocycles. The Kier molecular flexibility index (Phi) is 4.99. The van der Waals surface area contributed by atoms with E-state index in [4.69, 9.17) is 22.1 Å². The third-order valence-electron chi connectivity index (χ3n) is 4.50. The number of nitrogen functional groups attached to an aromatic ring is 1. The lowest BCUT2D eigenvalue weighted by atomic mass is 10.1. The standard InChI is InChI=1S/C18H16ClN5O5/c19-9-4-1-8(2-5-9)3-6-11-21-12-15(22-18(20)23-16(12)28)24(11)17-14(27)13(26)10(7-25)29-17/h1-2,4-5,10,13-14,17,25-27H,7H2,(H3,20,22,23,28)/t10-,13-,14-,17-/m1/s1. The first-order chi connectivity index (χ1) is 13.9. The van der Waals surface area contributed by atoms with Crippen LogP contribution in [0.15, 0.2) is 29.1 Å². The molecule has 0 bridgehead atoms. The van der Waals surface area contributed by atoms with E-state index in [1.54, 1.807) is 24.3 Å². The molecule has 3 heterocycles. The SMILES string of the molecule is Nc1nc2c(nc(C#Cc3ccc(Cl)cc3)n2[C@@H]2O[C@H](CO)[C@@H](O)[C@H]2O)c(=O)[nH]1. The van der Waals surface area contributed by atoms with Gasteiger partial charge in [0.05, 0.1) is 6.61 Å². The summed E-state index contributed by atoms with van der Waals surface area (Å²) in [5.41, 5.74) is 5.66. The topological polar surface area (TPSA) is 160 Å². The maximum absolute atomic E-state index is 12.3. The van der Waals surface area contributed by atoms with Gasteiger partial charge in [0.1, 0.15) is 18.3 Å². The highest BCUT2D eigenvalue weighted by Crippen LogP contribution is 2.32. The molecule has 3 aromatic rings. The summed E-state index contributed by atoms with van der Waals surface area (Å²) >= 11 is 5.87. The summed E-state index contributed by atoms with van der Waals surface area (Å²) < 4.78 is 6.86. The second kappa shape index (κ2) is 7.47. The van der Waals surface area contributed by atoms with Crippen molar-refractivity contribution < 1.29 is 20.1 Å². The van der Waals surface area contributed by atoms with E-state index in [0.717, 1.165) is 0 Å². The highest BCUT2D eigenvalue weighted by Gasteiger charge is 2.45. The van der Waals surface area contributed by atoms with Gasteiger partial charge in [-0.3, -0.25) is 14.3 Å². The number of aromatic nitrogens is 4. The number of aromatic amines is 1. The van der Waals surface area contributed by atoms with Gasteiger partial charge < -0.3 is 25.8 Å². The van der Waals surface area contributed by atoms with Gasteiger partial charge in [0.2, 0.25) is 5.95 Å². The van der Waals surface area contributed by atoms with Gasteiger partial charge in [-0.25, -0.2) is 4.98 Å². The van der Waals surface area contributed by atoms with Crippen molar-refractivity contribution in [1.29, 1.82) is 0 Å². The molecule has 0 amide bonds. The van der Waals surface area contributed by atoms with Crippen LogP contribution in [0, 0.1) is 11.8 Å². The Hall–Kier alpha value is -2.94. The van der Waals surface area contributed by atoms with E-state index in [2.05, 4.69) is 26.8 Å². The number of nitrogens with zero attached hydrogens (tertiary/aromatic N) is 3. The smallest absolute Gasteiger partial charge is 0.280 e. The molecule has 6 N–H and O–H groups in total. The summed E-state index contributed by atoms with van der Waals surface area (Å²) in [6.45, 7) is -0.511. The van der Waals surface area contributed by atoms with Crippen LogP contribution in [0.4, 0.5) is 5.95 Å². The van der Waals surface area contributed by atoms with Crippen molar-refractivity contribution in [1.82, 2.24) is 19.5 Å². The van der Waals surface area contributed by atoms with E-state index in [9.17, 15) is 20.1 Å². The zero-order chi connectivity index (χ0) is 20.7. The number of imidazole rings is 1. The molecule has 1 saturated heterocycles. The van der Waals surface area contributed by atoms with Crippen molar-refractivity contribution in [3.05, 3.63) is 51.0 Å². The number of rotatable bonds is 2. The number of nitrogens with two attached hydrogens (primary N) is 1. The number of aliphatic hydroxyl groups excluding tert-OH is 3. The zero-order valence-corrected chi connectivity index (χ0v) is 15.5. The molecule has 0 spiro atoms. The van der Waals surface area contributed by atoms with Crippen LogP contribution in [0.2, 0.25) is 5.02 Å². The number of anilines is 1. The van der Waals surface area contributed by atoms with Gasteiger partial charge in [0.15, 0.2) is 23.2 Å². The average Bonchev–Trinajstić information content (AvgIpc) is 3.19. The second-order valence-corrected chi connectivity index (χ2v) is 6.85. The van der Waals surface area contributed by atoms with E-state index in [0.29, 0.717) is 10.6 Å². The summed E-state index contributed by atoms with van der Waals surface area (Å²) in [4.78, 5) is 22.9. The number of aliphatic hydroxyl groups is 3. The minimum Gasteiger partial charge on any atom is -0.394 e. The zero-order valence-electron chi connectivity index (χ0n) is 14.8. The lowest BCUT2D eigenvalue weighted by Gasteiger charge is -2.17. The maximum atomic E-state index is 12.3. The van der Waals surface area contributed by atoms with Gasteiger partial charge >= 0.3 is 0 Å². The van der Waals surface area contributed by atoms with E-state index < -0.39 is 36.7 Å². The average molecular weight is 418 g/mol. The van der Waals surface area contributed by atoms with Crippen molar-refractivity contribution in [3.8, 4) is 11.8 Å². The van der Waals surface area contributed by atoms with Crippen molar-refractivity contribution in [3.63, 3.8) is 0 Å². The molecule has 1 fully saturated rings. The number of hydrogen-bond donors (Lipinski definition) is 5. The minimum absolute atomic E-state index is 0.0292. The third kappa shape index (κ3) is 3.46. The molecule has 0 unspecified atom stereocenters. The fourth-order valence-corrected chi connectivity index (χ4v) is 3.21. The Balaban J connectivity index is 1.88. The van der Waals surface area contributed by atoms with Gasteiger partial charge in [-0.2, -0.15) is 4.98 Å². The van der Waals surface area contributed by atoms with Crippen LogP contribution in [0.25, 0.3) is 11.2 Å². The first-order valence-corrected chi connectivity index (χ1v) is 8.94. The number of benzene rings is 1.